The highest BCUT2D eigenvalue weighted by atomic mass is 32.1. The van der Waals surface area contributed by atoms with E-state index in [0.29, 0.717) is 19.0 Å². The minimum atomic E-state index is -0.635. The first-order chi connectivity index (χ1) is 11.6. The lowest BCUT2D eigenvalue weighted by Crippen LogP contribution is -2.49. The van der Waals surface area contributed by atoms with Crippen molar-refractivity contribution in [3.8, 4) is 0 Å². The Morgan fingerprint density at radius 3 is 2.71 bits per heavy atom. The number of likely N-dealkylation sites (tertiary alicyclic amines) is 1. The zero-order valence-electron chi connectivity index (χ0n) is 13.8. The monoisotopic (exact) mass is 347 g/mol. The van der Waals surface area contributed by atoms with Crippen molar-refractivity contribution >= 4 is 33.6 Å². The van der Waals surface area contributed by atoms with Gasteiger partial charge in [0.25, 0.3) is 0 Å². The van der Waals surface area contributed by atoms with Crippen LogP contribution in [0.25, 0.3) is 10.2 Å². The molecule has 2 aromatic rings. The highest BCUT2D eigenvalue weighted by Crippen LogP contribution is 2.33. The molecule has 1 aliphatic rings. The van der Waals surface area contributed by atoms with E-state index in [2.05, 4.69) is 16.1 Å². The number of hydrogen-bond acceptors (Lipinski definition) is 5. The number of thiazole rings is 1. The fraction of sp³-hybridized carbons (Fsp3) is 0.471. The van der Waals surface area contributed by atoms with E-state index in [4.69, 9.17) is 4.98 Å². The van der Waals surface area contributed by atoms with Crippen LogP contribution in [0.1, 0.15) is 30.7 Å². The van der Waals surface area contributed by atoms with Gasteiger partial charge in [-0.25, -0.2) is 14.6 Å². The molecule has 0 radical (unpaired) electrons. The Labute approximate surface area is 144 Å². The maximum absolute atomic E-state index is 12.2. The number of hydrogen-bond donors (Lipinski definition) is 1. The molecule has 1 aromatic carbocycles. The average molecular weight is 347 g/mol. The smallest absolute Gasteiger partial charge is 0.328 e. The van der Waals surface area contributed by atoms with Crippen molar-refractivity contribution in [2.45, 2.75) is 31.7 Å². The van der Waals surface area contributed by atoms with E-state index in [1.165, 1.54) is 11.8 Å². The summed E-state index contributed by atoms with van der Waals surface area (Å²) in [4.78, 5) is 30.1. The van der Waals surface area contributed by atoms with Gasteiger partial charge >= 0.3 is 12.0 Å². The number of ether oxygens (including phenoxy) is 1. The SMILES string of the molecule is COC(=O)[C@@H](C)NC(=O)N1CCC(c2nc3ccccc3s2)CC1. The third kappa shape index (κ3) is 3.51. The number of urea groups is 1. The second kappa shape index (κ2) is 7.17. The summed E-state index contributed by atoms with van der Waals surface area (Å²) in [5, 5.41) is 3.83. The number of benzene rings is 1. The lowest BCUT2D eigenvalue weighted by atomic mass is 9.98. The van der Waals surface area contributed by atoms with E-state index in [-0.39, 0.29) is 6.03 Å². The van der Waals surface area contributed by atoms with Crippen LogP contribution < -0.4 is 5.32 Å². The van der Waals surface area contributed by atoms with Gasteiger partial charge in [-0.2, -0.15) is 0 Å². The lowest BCUT2D eigenvalue weighted by molar-refractivity contribution is -0.142. The number of methoxy groups -OCH3 is 1. The highest BCUT2D eigenvalue weighted by molar-refractivity contribution is 7.18. The number of nitrogens with zero attached hydrogens (tertiary/aromatic N) is 2. The van der Waals surface area contributed by atoms with Crippen molar-refractivity contribution in [2.24, 2.45) is 0 Å². The Morgan fingerprint density at radius 1 is 1.33 bits per heavy atom. The number of amides is 2. The van der Waals surface area contributed by atoms with Crippen LogP contribution in [0.4, 0.5) is 4.79 Å². The fourth-order valence-corrected chi connectivity index (χ4v) is 4.04. The molecule has 1 aliphatic heterocycles. The molecule has 1 saturated heterocycles. The lowest BCUT2D eigenvalue weighted by Gasteiger charge is -2.31. The molecule has 0 unspecified atom stereocenters. The third-order valence-electron chi connectivity index (χ3n) is 4.34. The van der Waals surface area contributed by atoms with Gasteiger partial charge in [0.05, 0.1) is 22.3 Å². The highest BCUT2D eigenvalue weighted by Gasteiger charge is 2.27. The molecular formula is C17H21N3O3S. The predicted molar refractivity (Wildman–Crippen MR) is 93.2 cm³/mol. The summed E-state index contributed by atoms with van der Waals surface area (Å²) in [7, 11) is 1.31. The van der Waals surface area contributed by atoms with Gasteiger partial charge < -0.3 is 15.0 Å². The van der Waals surface area contributed by atoms with E-state index in [9.17, 15) is 9.59 Å². The molecule has 2 heterocycles. The summed E-state index contributed by atoms with van der Waals surface area (Å²) < 4.78 is 5.83. The average Bonchev–Trinajstić information content (AvgIpc) is 3.05. The van der Waals surface area contributed by atoms with Crippen LogP contribution in [0.5, 0.6) is 0 Å². The Balaban J connectivity index is 1.57. The number of aromatic nitrogens is 1. The van der Waals surface area contributed by atoms with E-state index >= 15 is 0 Å². The zero-order valence-corrected chi connectivity index (χ0v) is 14.6. The van der Waals surface area contributed by atoms with Gasteiger partial charge in [-0.05, 0) is 31.9 Å². The fourth-order valence-electron chi connectivity index (χ4n) is 2.91. The quantitative estimate of drug-likeness (QED) is 0.867. The van der Waals surface area contributed by atoms with Crippen molar-refractivity contribution in [1.82, 2.24) is 15.2 Å². The third-order valence-corrected chi connectivity index (χ3v) is 5.54. The van der Waals surface area contributed by atoms with Gasteiger partial charge in [-0.1, -0.05) is 12.1 Å². The molecule has 1 atom stereocenters. The minimum absolute atomic E-state index is 0.212. The summed E-state index contributed by atoms with van der Waals surface area (Å²) in [6, 6.07) is 7.31. The zero-order chi connectivity index (χ0) is 17.1. The molecule has 1 N–H and O–H groups in total. The van der Waals surface area contributed by atoms with Gasteiger partial charge in [0, 0.05) is 19.0 Å². The van der Waals surface area contributed by atoms with Crippen molar-refractivity contribution in [1.29, 1.82) is 0 Å². The Hall–Kier alpha value is -2.15. The van der Waals surface area contributed by atoms with E-state index in [1.807, 2.05) is 18.2 Å². The van der Waals surface area contributed by atoms with Gasteiger partial charge in [0.15, 0.2) is 0 Å². The number of piperidine rings is 1. The maximum Gasteiger partial charge on any atom is 0.328 e. The molecule has 1 aromatic heterocycles. The first-order valence-corrected chi connectivity index (χ1v) is 8.89. The molecule has 6 nitrogen and oxygen atoms in total. The van der Waals surface area contributed by atoms with Crippen LogP contribution >= 0.6 is 11.3 Å². The van der Waals surface area contributed by atoms with Crippen LogP contribution in [0.2, 0.25) is 0 Å². The number of nitrogens with one attached hydrogen (secondary N) is 1. The molecular weight excluding hydrogens is 326 g/mol. The number of rotatable bonds is 3. The second-order valence-electron chi connectivity index (χ2n) is 5.98. The number of carbonyl (C=O) groups is 2. The summed E-state index contributed by atoms with van der Waals surface area (Å²) >= 11 is 1.74. The van der Waals surface area contributed by atoms with Crippen LogP contribution in [0.15, 0.2) is 24.3 Å². The Morgan fingerprint density at radius 2 is 2.04 bits per heavy atom. The van der Waals surface area contributed by atoms with Crippen molar-refractivity contribution in [2.75, 3.05) is 20.2 Å². The predicted octanol–water partition coefficient (Wildman–Crippen LogP) is 2.75. The first kappa shape index (κ1) is 16.7. The van der Waals surface area contributed by atoms with Crippen molar-refractivity contribution in [3.05, 3.63) is 29.3 Å². The van der Waals surface area contributed by atoms with E-state index in [1.54, 1.807) is 23.2 Å². The first-order valence-electron chi connectivity index (χ1n) is 8.07. The molecule has 0 bridgehead atoms. The molecule has 1 fully saturated rings. The molecule has 7 heteroatoms. The maximum atomic E-state index is 12.2. The summed E-state index contributed by atoms with van der Waals surface area (Å²) in [5.41, 5.74) is 1.05. The molecule has 3 rings (SSSR count). The minimum Gasteiger partial charge on any atom is -0.467 e. The Kier molecular flexibility index (Phi) is 4.99. The number of carbonyl (C=O) groups excluding carboxylic acids is 2. The summed E-state index contributed by atoms with van der Waals surface area (Å²) in [6.07, 6.45) is 1.78. The van der Waals surface area contributed by atoms with Crippen molar-refractivity contribution in [3.63, 3.8) is 0 Å². The van der Waals surface area contributed by atoms with Gasteiger partial charge in [0.2, 0.25) is 0 Å². The molecule has 128 valence electrons. The molecule has 0 aliphatic carbocycles. The summed E-state index contributed by atoms with van der Waals surface area (Å²) in [5.74, 6) is -0.0443. The van der Waals surface area contributed by atoms with Gasteiger partial charge in [-0.3, -0.25) is 0 Å². The number of para-hydroxylation sites is 1. The van der Waals surface area contributed by atoms with Crippen LogP contribution in [0.3, 0.4) is 0 Å². The standard InChI is InChI=1S/C17H21N3O3S/c1-11(16(21)23-2)18-17(22)20-9-7-12(8-10-20)15-19-13-5-3-4-6-14(13)24-15/h3-6,11-12H,7-10H2,1-2H3,(H,18,22)/t11-/m1/s1. The molecule has 24 heavy (non-hydrogen) atoms. The van der Waals surface area contributed by atoms with Crippen LogP contribution in [-0.4, -0.2) is 48.1 Å². The topological polar surface area (TPSA) is 71.5 Å². The van der Waals surface area contributed by atoms with Gasteiger partial charge in [0.1, 0.15) is 6.04 Å². The van der Waals surface area contributed by atoms with E-state index in [0.717, 1.165) is 23.4 Å². The molecule has 0 spiro atoms. The van der Waals surface area contributed by atoms with Gasteiger partial charge in [-0.15, -0.1) is 11.3 Å². The molecule has 2 amide bonds. The second-order valence-corrected chi connectivity index (χ2v) is 7.04. The Bertz CT molecular complexity index is 705. The van der Waals surface area contributed by atoms with Crippen LogP contribution in [-0.2, 0) is 9.53 Å². The van der Waals surface area contributed by atoms with E-state index < -0.39 is 12.0 Å². The number of fused-ring (bicyclic) bond motifs is 1. The number of esters is 1. The van der Waals surface area contributed by atoms with Crippen molar-refractivity contribution < 1.29 is 14.3 Å². The largest absolute Gasteiger partial charge is 0.467 e. The van der Waals surface area contributed by atoms with Crippen LogP contribution in [0, 0.1) is 0 Å². The molecule has 0 saturated carbocycles. The summed E-state index contributed by atoms with van der Waals surface area (Å²) in [6.45, 7) is 2.96. The normalized spacial score (nSPS) is 16.8.